The van der Waals surface area contributed by atoms with E-state index in [1.165, 1.54) is 263 Å². The number of carbonyl (C=O) groups is 3. The number of quaternary nitrogens is 1. The van der Waals surface area contributed by atoms with E-state index in [1.807, 2.05) is 21.1 Å². The molecule has 2 unspecified atom stereocenters. The number of hydrogen-bond donors (Lipinski definition) is 1. The zero-order chi connectivity index (χ0) is 71.8. The summed E-state index contributed by atoms with van der Waals surface area (Å²) in [6.07, 6.45) is 110. The second-order valence-electron chi connectivity index (χ2n) is 29.4. The van der Waals surface area contributed by atoms with Gasteiger partial charge in [-0.15, -0.1) is 0 Å². The van der Waals surface area contributed by atoms with Crippen LogP contribution < -0.4 is 0 Å². The smallest absolute Gasteiger partial charge is 0.361 e. The van der Waals surface area contributed by atoms with Gasteiger partial charge in [0.25, 0.3) is 6.29 Å². The van der Waals surface area contributed by atoms with Crippen LogP contribution in [-0.4, -0.2) is 87.4 Å². The molecule has 0 bridgehead atoms. The number of carboxylic acids is 1. The minimum atomic E-state index is -1.51. The Morgan fingerprint density at radius 2 is 0.545 bits per heavy atom. The maximum absolute atomic E-state index is 13.0. The number of nitrogens with zero attached hydrogens (tertiary/aromatic N) is 1. The Morgan fingerprint density at radius 1 is 0.303 bits per heavy atom. The first-order valence-electron chi connectivity index (χ1n) is 42.1. The number of ether oxygens (including phenoxy) is 4. The van der Waals surface area contributed by atoms with Crippen molar-refractivity contribution in [2.45, 2.75) is 399 Å². The fourth-order valence-corrected chi connectivity index (χ4v) is 12.2. The zero-order valence-electron chi connectivity index (χ0n) is 65.6. The molecule has 0 aliphatic rings. The van der Waals surface area contributed by atoms with Gasteiger partial charge in [0.05, 0.1) is 34.4 Å². The monoisotopic (exact) mass is 1380 g/mol. The fraction of sp³-hybridized carbons (Fsp3) is 0.767. The van der Waals surface area contributed by atoms with Gasteiger partial charge in [-0.1, -0.05) is 386 Å². The quantitative estimate of drug-likeness (QED) is 0.0211. The second kappa shape index (κ2) is 79.6. The average Bonchev–Trinajstić information content (AvgIpc) is 1.57. The molecule has 0 rings (SSSR count). The lowest BCUT2D eigenvalue weighted by atomic mass is 10.0. The summed E-state index contributed by atoms with van der Waals surface area (Å²) in [6.45, 7) is 4.70. The van der Waals surface area contributed by atoms with Gasteiger partial charge in [-0.05, 0) is 96.3 Å². The van der Waals surface area contributed by atoms with Gasteiger partial charge in [0, 0.05) is 12.8 Å². The number of esters is 2. The predicted octanol–water partition coefficient (Wildman–Crippen LogP) is 27.3. The SMILES string of the molecule is CC/C=C\C/C=C\C/C=C\C/C=C\C/C=C\CCCCCCCCCCCCCCCCCCCC(=O)OC(COC(=O)CCCCCCCCCCCCCCCCCCCCCCCCCCCCCC/C=C\C/C=C\C/C=C\C/C=C\CC)COC(OCC[N+](C)(C)C)C(=O)O. The Morgan fingerprint density at radius 3 is 0.808 bits per heavy atom. The molecule has 0 aromatic carbocycles. The third-order valence-electron chi connectivity index (χ3n) is 18.5. The second-order valence-corrected chi connectivity index (χ2v) is 29.4. The molecule has 0 spiro atoms. The summed E-state index contributed by atoms with van der Waals surface area (Å²) in [5, 5.41) is 9.78. The van der Waals surface area contributed by atoms with E-state index in [9.17, 15) is 19.5 Å². The fourth-order valence-electron chi connectivity index (χ4n) is 12.2. The molecule has 0 radical (unpaired) electrons. The Labute approximate surface area is 613 Å². The Bertz CT molecular complexity index is 2000. The van der Waals surface area contributed by atoms with E-state index in [-0.39, 0.29) is 38.2 Å². The third kappa shape index (κ3) is 81.1. The van der Waals surface area contributed by atoms with E-state index in [0.717, 1.165) is 96.3 Å². The van der Waals surface area contributed by atoms with E-state index >= 15 is 0 Å². The molecule has 0 aliphatic carbocycles. The first-order chi connectivity index (χ1) is 48.6. The van der Waals surface area contributed by atoms with Crippen molar-refractivity contribution in [1.82, 2.24) is 0 Å². The molecule has 0 saturated heterocycles. The summed E-state index contributed by atoms with van der Waals surface area (Å²) in [5.74, 6) is -1.98. The number of carboxylic acid groups (broad SMARTS) is 1. The van der Waals surface area contributed by atoms with Crippen molar-refractivity contribution in [1.29, 1.82) is 0 Å². The number of carbonyl (C=O) groups excluding carboxylic acids is 2. The van der Waals surface area contributed by atoms with Crippen molar-refractivity contribution < 1.29 is 42.9 Å². The lowest BCUT2D eigenvalue weighted by Crippen LogP contribution is -2.40. The molecule has 0 saturated carbocycles. The van der Waals surface area contributed by atoms with Crippen LogP contribution in [0.25, 0.3) is 0 Å². The summed E-state index contributed by atoms with van der Waals surface area (Å²) in [4.78, 5) is 37.8. The van der Waals surface area contributed by atoms with Gasteiger partial charge in [0.2, 0.25) is 0 Å². The number of rotatable bonds is 78. The number of likely N-dealkylation sites (N-methyl/N-ethyl adjacent to an activating group) is 1. The van der Waals surface area contributed by atoms with Crippen molar-refractivity contribution in [2.24, 2.45) is 0 Å². The van der Waals surface area contributed by atoms with Crippen molar-refractivity contribution in [3.8, 4) is 0 Å². The highest BCUT2D eigenvalue weighted by Gasteiger charge is 2.25. The lowest BCUT2D eigenvalue weighted by molar-refractivity contribution is -0.870. The maximum atomic E-state index is 13.0. The van der Waals surface area contributed by atoms with Gasteiger partial charge >= 0.3 is 17.9 Å². The summed E-state index contributed by atoms with van der Waals surface area (Å²) >= 11 is 0. The van der Waals surface area contributed by atoms with Crippen LogP contribution >= 0.6 is 0 Å². The molecule has 0 fully saturated rings. The summed E-state index contributed by atoms with van der Waals surface area (Å²) in [6, 6.07) is 0. The highest BCUT2D eigenvalue weighted by Crippen LogP contribution is 2.20. The van der Waals surface area contributed by atoms with E-state index in [1.54, 1.807) is 0 Å². The minimum absolute atomic E-state index is 0.180. The topological polar surface area (TPSA) is 108 Å². The molecule has 0 aromatic rings. The van der Waals surface area contributed by atoms with Crippen molar-refractivity contribution >= 4 is 17.9 Å². The first-order valence-corrected chi connectivity index (χ1v) is 42.1. The Hall–Kier alpha value is -4.05. The van der Waals surface area contributed by atoms with Gasteiger partial charge in [-0.2, -0.15) is 0 Å². The van der Waals surface area contributed by atoms with Crippen LogP contribution in [0.4, 0.5) is 0 Å². The lowest BCUT2D eigenvalue weighted by Gasteiger charge is -2.25. The molecule has 0 aromatic heterocycles. The van der Waals surface area contributed by atoms with Crippen LogP contribution in [-0.2, 0) is 33.3 Å². The van der Waals surface area contributed by atoms with Crippen LogP contribution in [0, 0.1) is 0 Å². The number of aliphatic carboxylic acids is 1. The zero-order valence-corrected chi connectivity index (χ0v) is 65.6. The third-order valence-corrected chi connectivity index (χ3v) is 18.5. The molecule has 572 valence electrons. The average molecular weight is 1380 g/mol. The molecule has 99 heavy (non-hydrogen) atoms. The first kappa shape index (κ1) is 94.9. The van der Waals surface area contributed by atoms with Crippen LogP contribution in [0.2, 0.25) is 0 Å². The molecular weight excluding hydrogens is 1220 g/mol. The standard InChI is InChI=1S/C90H159NO8/c1-6-8-10-12-14-16-18-20-22-24-26-28-30-32-34-36-38-40-41-42-43-44-45-46-47-49-50-52-54-56-58-60-62-64-66-68-70-72-74-76-78-80-87(92)97-84-86(85-98-90(89(94)95)96-83-82-91(3,4)5)99-88(93)81-79-77-75-73-71-69-67-65-63-61-59-57-55-53-51-48-39-37-35-33-31-29-27-25-23-21-19-17-15-13-11-9-7-2/h8-11,14-17,20-23,26-29,33,35,86,90H,6-7,12-13,18-19,24-25,30-32,34,36-85H2,1-5H3/p+1/b10-8-,11-9-,16-14-,17-15-,22-20-,23-21-,28-26-,29-27-,35-33-. The molecule has 9 nitrogen and oxygen atoms in total. The van der Waals surface area contributed by atoms with Crippen molar-refractivity contribution in [3.05, 3.63) is 109 Å². The van der Waals surface area contributed by atoms with Gasteiger partial charge in [-0.3, -0.25) is 9.59 Å². The van der Waals surface area contributed by atoms with Crippen molar-refractivity contribution in [2.75, 3.05) is 47.5 Å². The summed E-state index contributed by atoms with van der Waals surface area (Å²) in [5.41, 5.74) is 0. The molecule has 0 heterocycles. The highest BCUT2D eigenvalue weighted by molar-refractivity contribution is 5.71. The molecule has 0 amide bonds. The summed E-state index contributed by atoms with van der Waals surface area (Å²) < 4.78 is 23.1. The maximum Gasteiger partial charge on any atom is 0.361 e. The van der Waals surface area contributed by atoms with Gasteiger partial charge in [0.1, 0.15) is 13.2 Å². The van der Waals surface area contributed by atoms with Crippen LogP contribution in [0.1, 0.15) is 386 Å². The highest BCUT2D eigenvalue weighted by atomic mass is 16.7. The van der Waals surface area contributed by atoms with Crippen LogP contribution in [0.3, 0.4) is 0 Å². The van der Waals surface area contributed by atoms with E-state index < -0.39 is 18.4 Å². The van der Waals surface area contributed by atoms with Gasteiger partial charge < -0.3 is 28.5 Å². The Kier molecular flexibility index (Phi) is 76.4. The molecule has 9 heteroatoms. The van der Waals surface area contributed by atoms with Gasteiger partial charge in [0.15, 0.2) is 6.10 Å². The number of unbranched alkanes of at least 4 members (excludes halogenated alkanes) is 45. The number of hydrogen-bond acceptors (Lipinski definition) is 7. The van der Waals surface area contributed by atoms with Gasteiger partial charge in [-0.25, -0.2) is 4.79 Å². The Balaban J connectivity index is 3.94. The number of allylic oxidation sites excluding steroid dienone is 18. The van der Waals surface area contributed by atoms with E-state index in [0.29, 0.717) is 17.4 Å². The molecule has 1 N–H and O–H groups in total. The van der Waals surface area contributed by atoms with E-state index in [4.69, 9.17) is 18.9 Å². The normalized spacial score (nSPS) is 13.2. The minimum Gasteiger partial charge on any atom is -0.477 e. The largest absolute Gasteiger partial charge is 0.477 e. The molecule has 2 atom stereocenters. The predicted molar refractivity (Wildman–Crippen MR) is 428 cm³/mol. The summed E-state index contributed by atoms with van der Waals surface area (Å²) in [7, 11) is 5.99. The molecule has 0 aliphatic heterocycles. The van der Waals surface area contributed by atoms with Crippen LogP contribution in [0.5, 0.6) is 0 Å². The van der Waals surface area contributed by atoms with Crippen molar-refractivity contribution in [3.63, 3.8) is 0 Å². The molecular formula is C90H160NO8+. The van der Waals surface area contributed by atoms with Crippen LogP contribution in [0.15, 0.2) is 109 Å². The van der Waals surface area contributed by atoms with E-state index in [2.05, 4.69) is 123 Å².